The van der Waals surface area contributed by atoms with Gasteiger partial charge in [-0.05, 0) is 44.0 Å². The van der Waals surface area contributed by atoms with Crippen LogP contribution in [0.1, 0.15) is 32.9 Å². The van der Waals surface area contributed by atoms with E-state index < -0.39 is 0 Å². The zero-order valence-corrected chi connectivity index (χ0v) is 13.9. The third-order valence-corrected chi connectivity index (χ3v) is 4.16. The van der Waals surface area contributed by atoms with Crippen LogP contribution in [0, 0.1) is 13.8 Å². The highest BCUT2D eigenvalue weighted by Crippen LogP contribution is 2.23. The zero-order chi connectivity index (χ0) is 15.0. The van der Waals surface area contributed by atoms with Gasteiger partial charge in [0.25, 0.3) is 5.91 Å². The monoisotopic (exact) mass is 320 g/mol. The van der Waals surface area contributed by atoms with Crippen molar-refractivity contribution in [1.82, 2.24) is 15.1 Å². The summed E-state index contributed by atoms with van der Waals surface area (Å²) in [6.07, 6.45) is 0.983. The van der Waals surface area contributed by atoms with Crippen molar-refractivity contribution in [2.24, 2.45) is 7.05 Å². The number of nitrogens with one attached hydrogen (secondary N) is 2. The van der Waals surface area contributed by atoms with E-state index in [1.54, 1.807) is 0 Å². The van der Waals surface area contributed by atoms with E-state index in [0.29, 0.717) is 6.54 Å². The van der Waals surface area contributed by atoms with Gasteiger partial charge in [-0.3, -0.25) is 9.48 Å². The van der Waals surface area contributed by atoms with Crippen molar-refractivity contribution in [3.63, 3.8) is 0 Å². The summed E-state index contributed by atoms with van der Waals surface area (Å²) >= 11 is 0. The van der Waals surface area contributed by atoms with Gasteiger partial charge in [0.1, 0.15) is 0 Å². The third kappa shape index (κ3) is 2.95. The van der Waals surface area contributed by atoms with Crippen molar-refractivity contribution < 1.29 is 4.79 Å². The number of hydrogen-bond donors (Lipinski definition) is 2. The van der Waals surface area contributed by atoms with E-state index in [-0.39, 0.29) is 18.3 Å². The summed E-state index contributed by atoms with van der Waals surface area (Å²) in [4.78, 5) is 12.3. The molecule has 1 aliphatic rings. The molecule has 22 heavy (non-hydrogen) atoms. The van der Waals surface area contributed by atoms with E-state index in [1.165, 1.54) is 5.56 Å². The Kier molecular flexibility index (Phi) is 4.76. The SMILES string of the molecule is Cc1nn(C)c(C)c1CNC(=O)c1ccc2c(c1)CCN2.Cl. The van der Waals surface area contributed by atoms with Gasteiger partial charge >= 0.3 is 0 Å². The Labute approximate surface area is 136 Å². The summed E-state index contributed by atoms with van der Waals surface area (Å²) in [6, 6.07) is 5.83. The maximum absolute atomic E-state index is 12.3. The topological polar surface area (TPSA) is 59.0 Å². The van der Waals surface area contributed by atoms with Gasteiger partial charge in [0.2, 0.25) is 0 Å². The number of amides is 1. The molecule has 0 saturated carbocycles. The Balaban J connectivity index is 0.00000176. The molecule has 5 nitrogen and oxygen atoms in total. The summed E-state index contributed by atoms with van der Waals surface area (Å²) < 4.78 is 1.85. The lowest BCUT2D eigenvalue weighted by atomic mass is 10.1. The third-order valence-electron chi connectivity index (χ3n) is 4.16. The number of anilines is 1. The van der Waals surface area contributed by atoms with Crippen molar-refractivity contribution in [3.8, 4) is 0 Å². The summed E-state index contributed by atoms with van der Waals surface area (Å²) in [5.74, 6) is -0.0349. The minimum atomic E-state index is -0.0349. The molecule has 6 heteroatoms. The first-order chi connectivity index (χ1) is 10.1. The lowest BCUT2D eigenvalue weighted by molar-refractivity contribution is 0.0951. The predicted octanol–water partition coefficient (Wildman–Crippen LogP) is 2.36. The number of carbonyl (C=O) groups is 1. The Morgan fingerprint density at radius 1 is 1.41 bits per heavy atom. The van der Waals surface area contributed by atoms with E-state index >= 15 is 0 Å². The van der Waals surface area contributed by atoms with E-state index in [1.807, 2.05) is 43.8 Å². The molecule has 0 saturated heterocycles. The summed E-state index contributed by atoms with van der Waals surface area (Å²) in [7, 11) is 1.92. The normalized spacial score (nSPS) is 12.3. The molecule has 0 spiro atoms. The number of benzene rings is 1. The van der Waals surface area contributed by atoms with Crippen LogP contribution in [-0.4, -0.2) is 22.2 Å². The molecule has 2 heterocycles. The van der Waals surface area contributed by atoms with Crippen LogP contribution in [0.5, 0.6) is 0 Å². The summed E-state index contributed by atoms with van der Waals surface area (Å²) in [5.41, 5.74) is 6.23. The number of carbonyl (C=O) groups excluding carboxylic acids is 1. The van der Waals surface area contributed by atoms with Gasteiger partial charge in [0.15, 0.2) is 0 Å². The molecule has 1 aromatic carbocycles. The molecule has 0 fully saturated rings. The zero-order valence-electron chi connectivity index (χ0n) is 13.1. The van der Waals surface area contributed by atoms with Crippen LogP contribution in [-0.2, 0) is 20.0 Å². The number of aromatic nitrogens is 2. The largest absolute Gasteiger partial charge is 0.384 e. The standard InChI is InChI=1S/C16H20N4O.ClH/c1-10-14(11(2)20(3)19-10)9-18-16(21)13-4-5-15-12(8-13)6-7-17-15;/h4-5,8,17H,6-7,9H2,1-3H3,(H,18,21);1H. The fourth-order valence-corrected chi connectivity index (χ4v) is 2.79. The Hall–Kier alpha value is -2.01. The maximum atomic E-state index is 12.3. The van der Waals surface area contributed by atoms with Crippen molar-refractivity contribution in [2.45, 2.75) is 26.8 Å². The van der Waals surface area contributed by atoms with Gasteiger partial charge in [-0.2, -0.15) is 5.10 Å². The second-order valence-corrected chi connectivity index (χ2v) is 5.50. The van der Waals surface area contributed by atoms with Crippen molar-refractivity contribution in [3.05, 3.63) is 46.3 Å². The Morgan fingerprint density at radius 2 is 2.18 bits per heavy atom. The van der Waals surface area contributed by atoms with Gasteiger partial charge in [-0.25, -0.2) is 0 Å². The second-order valence-electron chi connectivity index (χ2n) is 5.50. The average molecular weight is 321 g/mol. The number of fused-ring (bicyclic) bond motifs is 1. The molecule has 0 aliphatic carbocycles. The minimum Gasteiger partial charge on any atom is -0.384 e. The molecule has 0 atom stereocenters. The number of hydrogen-bond acceptors (Lipinski definition) is 3. The number of rotatable bonds is 3. The first-order valence-corrected chi connectivity index (χ1v) is 7.20. The molecule has 2 N–H and O–H groups in total. The average Bonchev–Trinajstić information content (AvgIpc) is 3.02. The molecule has 1 aliphatic heterocycles. The van der Waals surface area contributed by atoms with Crippen LogP contribution < -0.4 is 10.6 Å². The molecular formula is C16H21ClN4O. The number of nitrogens with zero attached hydrogens (tertiary/aromatic N) is 2. The number of aryl methyl sites for hydroxylation is 2. The molecule has 1 amide bonds. The molecular weight excluding hydrogens is 300 g/mol. The molecule has 0 radical (unpaired) electrons. The lowest BCUT2D eigenvalue weighted by Gasteiger charge is -2.07. The van der Waals surface area contributed by atoms with Crippen LogP contribution in [0.4, 0.5) is 5.69 Å². The predicted molar refractivity (Wildman–Crippen MR) is 89.7 cm³/mol. The quantitative estimate of drug-likeness (QED) is 0.912. The first-order valence-electron chi connectivity index (χ1n) is 7.20. The van der Waals surface area contributed by atoms with Crippen LogP contribution in [0.15, 0.2) is 18.2 Å². The molecule has 118 valence electrons. The maximum Gasteiger partial charge on any atom is 0.251 e. The van der Waals surface area contributed by atoms with Gasteiger partial charge in [-0.15, -0.1) is 12.4 Å². The van der Waals surface area contributed by atoms with E-state index in [9.17, 15) is 4.79 Å². The van der Waals surface area contributed by atoms with Crippen molar-refractivity contribution in [2.75, 3.05) is 11.9 Å². The van der Waals surface area contributed by atoms with E-state index in [2.05, 4.69) is 15.7 Å². The van der Waals surface area contributed by atoms with Gasteiger partial charge < -0.3 is 10.6 Å². The molecule has 1 aromatic heterocycles. The van der Waals surface area contributed by atoms with Crippen molar-refractivity contribution >= 4 is 24.0 Å². The van der Waals surface area contributed by atoms with Crippen LogP contribution in [0.25, 0.3) is 0 Å². The molecule has 0 bridgehead atoms. The minimum absolute atomic E-state index is 0. The van der Waals surface area contributed by atoms with E-state index in [4.69, 9.17) is 0 Å². The first kappa shape index (κ1) is 16.4. The number of halogens is 1. The van der Waals surface area contributed by atoms with Gasteiger partial charge in [0, 0.05) is 42.6 Å². The summed E-state index contributed by atoms with van der Waals surface area (Å²) in [6.45, 7) is 5.45. The Morgan fingerprint density at radius 3 is 2.86 bits per heavy atom. The molecule has 2 aromatic rings. The van der Waals surface area contributed by atoms with Crippen molar-refractivity contribution in [1.29, 1.82) is 0 Å². The van der Waals surface area contributed by atoms with Crippen LogP contribution >= 0.6 is 12.4 Å². The lowest BCUT2D eigenvalue weighted by Crippen LogP contribution is -2.23. The van der Waals surface area contributed by atoms with E-state index in [0.717, 1.165) is 41.2 Å². The second kappa shape index (κ2) is 6.40. The molecule has 0 unspecified atom stereocenters. The van der Waals surface area contributed by atoms with Crippen LogP contribution in [0.2, 0.25) is 0 Å². The highest BCUT2D eigenvalue weighted by Gasteiger charge is 2.15. The van der Waals surface area contributed by atoms with Gasteiger partial charge in [-0.1, -0.05) is 0 Å². The Bertz CT molecular complexity index is 708. The van der Waals surface area contributed by atoms with Crippen LogP contribution in [0.3, 0.4) is 0 Å². The molecule has 3 rings (SSSR count). The smallest absolute Gasteiger partial charge is 0.251 e. The van der Waals surface area contributed by atoms with Gasteiger partial charge in [0.05, 0.1) is 5.69 Å². The summed E-state index contributed by atoms with van der Waals surface area (Å²) in [5, 5.41) is 10.7. The fourth-order valence-electron chi connectivity index (χ4n) is 2.79. The fraction of sp³-hybridized carbons (Fsp3) is 0.375. The highest BCUT2D eigenvalue weighted by atomic mass is 35.5. The highest BCUT2D eigenvalue weighted by molar-refractivity contribution is 5.95.